The molecular weight excluding hydrogens is 266 g/mol. The monoisotopic (exact) mass is 279 g/mol. The van der Waals surface area contributed by atoms with Gasteiger partial charge in [-0.3, -0.25) is 0 Å². The minimum atomic E-state index is -0.0197. The Bertz CT molecular complexity index is 497. The van der Waals surface area contributed by atoms with E-state index in [4.69, 9.17) is 0 Å². The summed E-state index contributed by atoms with van der Waals surface area (Å²) in [7, 11) is 0. The average Bonchev–Trinajstić information content (AvgIpc) is 2.66. The smallest absolute Gasteiger partial charge is 0.165 e. The highest BCUT2D eigenvalue weighted by Gasteiger charge is 2.19. The van der Waals surface area contributed by atoms with Crippen LogP contribution in [0.2, 0.25) is 0 Å². The molecule has 0 fully saturated rings. The maximum atomic E-state index is 4.20. The lowest BCUT2D eigenvalue weighted by molar-refractivity contribution is 0.399. The van der Waals surface area contributed by atoms with Gasteiger partial charge in [-0.05, 0) is 26.8 Å². The molecule has 0 N–H and O–H groups in total. The number of hydrogen-bond acceptors (Lipinski definition) is 2. The van der Waals surface area contributed by atoms with E-state index < -0.39 is 0 Å². The molecule has 0 aliphatic carbocycles. The molecule has 1 heterocycles. The molecule has 0 radical (unpaired) electrons. The normalized spacial score (nSPS) is 11.8. The Morgan fingerprint density at radius 3 is 2.50 bits per heavy atom. The summed E-state index contributed by atoms with van der Waals surface area (Å²) >= 11 is 3.54. The molecule has 1 aromatic carbocycles. The molecule has 16 heavy (non-hydrogen) atoms. The molecule has 0 amide bonds. The Morgan fingerprint density at radius 1 is 1.19 bits per heavy atom. The van der Waals surface area contributed by atoms with Crippen molar-refractivity contribution in [2.24, 2.45) is 0 Å². The second kappa shape index (κ2) is 4.01. The Balaban J connectivity index is 2.58. The van der Waals surface area contributed by atoms with Gasteiger partial charge in [0.15, 0.2) is 5.82 Å². The quantitative estimate of drug-likeness (QED) is 0.800. The van der Waals surface area contributed by atoms with Crippen LogP contribution < -0.4 is 0 Å². The molecule has 0 aliphatic rings. The first-order valence-electron chi connectivity index (χ1n) is 5.15. The van der Waals surface area contributed by atoms with Crippen molar-refractivity contribution >= 4 is 15.9 Å². The number of benzene rings is 1. The summed E-state index contributed by atoms with van der Waals surface area (Å²) in [4.78, 5) is 0. The topological polar surface area (TPSA) is 30.7 Å². The van der Waals surface area contributed by atoms with E-state index in [0.717, 1.165) is 15.9 Å². The summed E-state index contributed by atoms with van der Waals surface area (Å²) in [6.45, 7) is 6.41. The van der Waals surface area contributed by atoms with Crippen molar-refractivity contribution in [2.75, 3.05) is 0 Å². The van der Waals surface area contributed by atoms with E-state index in [0.29, 0.717) is 0 Å². The zero-order chi connectivity index (χ0) is 11.8. The van der Waals surface area contributed by atoms with Crippen molar-refractivity contribution in [3.8, 4) is 11.4 Å². The van der Waals surface area contributed by atoms with Gasteiger partial charge in [-0.2, -0.15) is 0 Å². The summed E-state index contributed by atoms with van der Waals surface area (Å²) in [6.07, 6.45) is 1.77. The number of nitrogens with zero attached hydrogens (tertiary/aromatic N) is 3. The highest BCUT2D eigenvalue weighted by Crippen LogP contribution is 2.29. The number of aromatic nitrogens is 3. The third-order valence-corrected chi connectivity index (χ3v) is 3.08. The molecule has 0 spiro atoms. The molecule has 3 nitrogen and oxygen atoms in total. The first-order chi connectivity index (χ1) is 7.50. The van der Waals surface area contributed by atoms with Crippen LogP contribution in [-0.2, 0) is 5.54 Å². The lowest BCUT2D eigenvalue weighted by atomic mass is 10.1. The molecule has 2 aromatic rings. The number of rotatable bonds is 1. The Labute approximate surface area is 104 Å². The van der Waals surface area contributed by atoms with E-state index in [-0.39, 0.29) is 5.54 Å². The van der Waals surface area contributed by atoms with Crippen molar-refractivity contribution in [1.29, 1.82) is 0 Å². The van der Waals surface area contributed by atoms with Crippen LogP contribution in [0.5, 0.6) is 0 Å². The highest BCUT2D eigenvalue weighted by atomic mass is 79.9. The van der Waals surface area contributed by atoms with Crippen molar-refractivity contribution in [3.63, 3.8) is 0 Å². The van der Waals surface area contributed by atoms with Gasteiger partial charge in [-0.15, -0.1) is 10.2 Å². The molecule has 1 aromatic heterocycles. The fourth-order valence-corrected chi connectivity index (χ4v) is 2.01. The SMILES string of the molecule is CC(C)(C)n1cnnc1-c1ccccc1Br. The van der Waals surface area contributed by atoms with E-state index in [1.165, 1.54) is 0 Å². The van der Waals surface area contributed by atoms with Gasteiger partial charge in [0.2, 0.25) is 0 Å². The molecule has 4 heteroatoms. The summed E-state index contributed by atoms with van der Waals surface area (Å²) in [5, 5.41) is 8.19. The standard InChI is InChI=1S/C12H14BrN3/c1-12(2,3)16-8-14-15-11(16)9-6-4-5-7-10(9)13/h4-8H,1-3H3. The maximum absolute atomic E-state index is 4.20. The van der Waals surface area contributed by atoms with Gasteiger partial charge in [0.1, 0.15) is 6.33 Å². The van der Waals surface area contributed by atoms with E-state index >= 15 is 0 Å². The molecular formula is C12H14BrN3. The lowest BCUT2D eigenvalue weighted by Gasteiger charge is -2.22. The van der Waals surface area contributed by atoms with Crippen LogP contribution in [0.15, 0.2) is 35.1 Å². The molecule has 0 bridgehead atoms. The fraction of sp³-hybridized carbons (Fsp3) is 0.333. The zero-order valence-electron chi connectivity index (χ0n) is 9.61. The van der Waals surface area contributed by atoms with Crippen LogP contribution >= 0.6 is 15.9 Å². The Kier molecular flexibility index (Phi) is 2.84. The van der Waals surface area contributed by atoms with E-state index in [9.17, 15) is 0 Å². The van der Waals surface area contributed by atoms with Crippen LogP contribution in [0.1, 0.15) is 20.8 Å². The maximum Gasteiger partial charge on any atom is 0.165 e. The predicted molar refractivity (Wildman–Crippen MR) is 68.2 cm³/mol. The Hall–Kier alpha value is -1.16. The first-order valence-corrected chi connectivity index (χ1v) is 5.95. The third kappa shape index (κ3) is 2.02. The van der Waals surface area contributed by atoms with Crippen molar-refractivity contribution in [1.82, 2.24) is 14.8 Å². The third-order valence-electron chi connectivity index (χ3n) is 2.39. The lowest BCUT2D eigenvalue weighted by Crippen LogP contribution is -2.21. The van der Waals surface area contributed by atoms with Gasteiger partial charge in [-0.1, -0.05) is 34.1 Å². The van der Waals surface area contributed by atoms with E-state index in [1.807, 2.05) is 24.3 Å². The van der Waals surface area contributed by atoms with Gasteiger partial charge in [0.25, 0.3) is 0 Å². The molecule has 0 saturated heterocycles. The van der Waals surface area contributed by atoms with Crippen molar-refractivity contribution in [2.45, 2.75) is 26.3 Å². The second-order valence-corrected chi connectivity index (χ2v) is 5.53. The summed E-state index contributed by atoms with van der Waals surface area (Å²) in [5.74, 6) is 0.889. The van der Waals surface area contributed by atoms with Gasteiger partial charge in [-0.25, -0.2) is 0 Å². The van der Waals surface area contributed by atoms with Gasteiger partial charge < -0.3 is 4.57 Å². The fourth-order valence-electron chi connectivity index (χ4n) is 1.55. The van der Waals surface area contributed by atoms with Crippen LogP contribution in [0.3, 0.4) is 0 Å². The van der Waals surface area contributed by atoms with E-state index in [2.05, 4.69) is 51.5 Å². The number of halogens is 1. The molecule has 2 rings (SSSR count). The zero-order valence-corrected chi connectivity index (χ0v) is 11.2. The minimum Gasteiger partial charge on any atom is -0.308 e. The van der Waals surface area contributed by atoms with Gasteiger partial charge >= 0.3 is 0 Å². The van der Waals surface area contributed by atoms with Crippen molar-refractivity contribution in [3.05, 3.63) is 35.1 Å². The van der Waals surface area contributed by atoms with Crippen LogP contribution in [0, 0.1) is 0 Å². The van der Waals surface area contributed by atoms with Gasteiger partial charge in [0, 0.05) is 15.6 Å². The average molecular weight is 280 g/mol. The summed E-state index contributed by atoms with van der Waals surface area (Å²) in [6, 6.07) is 8.04. The van der Waals surface area contributed by atoms with Gasteiger partial charge in [0.05, 0.1) is 0 Å². The molecule has 0 saturated carbocycles. The van der Waals surface area contributed by atoms with Crippen LogP contribution in [-0.4, -0.2) is 14.8 Å². The molecule has 0 aliphatic heterocycles. The van der Waals surface area contributed by atoms with Crippen molar-refractivity contribution < 1.29 is 0 Å². The largest absolute Gasteiger partial charge is 0.308 e. The predicted octanol–water partition coefficient (Wildman–Crippen LogP) is 3.46. The molecule has 84 valence electrons. The summed E-state index contributed by atoms with van der Waals surface area (Å²) < 4.78 is 3.11. The summed E-state index contributed by atoms with van der Waals surface area (Å²) in [5.41, 5.74) is 1.05. The minimum absolute atomic E-state index is 0.0197. The Morgan fingerprint density at radius 2 is 1.88 bits per heavy atom. The number of hydrogen-bond donors (Lipinski definition) is 0. The van der Waals surface area contributed by atoms with E-state index in [1.54, 1.807) is 6.33 Å². The highest BCUT2D eigenvalue weighted by molar-refractivity contribution is 9.10. The molecule has 0 unspecified atom stereocenters. The second-order valence-electron chi connectivity index (χ2n) is 4.68. The molecule has 0 atom stereocenters. The van der Waals surface area contributed by atoms with Crippen LogP contribution in [0.25, 0.3) is 11.4 Å². The van der Waals surface area contributed by atoms with Crippen LogP contribution in [0.4, 0.5) is 0 Å². The first kappa shape index (κ1) is 11.3.